The third-order valence-corrected chi connectivity index (χ3v) is 5.72. The summed E-state index contributed by atoms with van der Waals surface area (Å²) in [6, 6.07) is 3.75. The van der Waals surface area contributed by atoms with E-state index in [1.165, 1.54) is 0 Å². The Bertz CT molecular complexity index is 859. The number of esters is 1. The molecule has 2 aliphatic rings. The molecule has 29 heavy (non-hydrogen) atoms. The molecular formula is C22H29N3O4. The molecular weight excluding hydrogens is 370 g/mol. The highest BCUT2D eigenvalue weighted by Crippen LogP contribution is 2.32. The Balaban J connectivity index is 1.70. The predicted molar refractivity (Wildman–Crippen MR) is 111 cm³/mol. The first-order valence-corrected chi connectivity index (χ1v) is 10.6. The molecule has 4 rings (SSSR count). The molecule has 0 N–H and O–H groups in total. The van der Waals surface area contributed by atoms with Gasteiger partial charge in [-0.15, -0.1) is 0 Å². The summed E-state index contributed by atoms with van der Waals surface area (Å²) in [7, 11) is 0. The zero-order chi connectivity index (χ0) is 20.2. The van der Waals surface area contributed by atoms with Gasteiger partial charge in [-0.05, 0) is 44.6 Å². The third kappa shape index (κ3) is 4.61. The first kappa shape index (κ1) is 19.9. The number of morpholine rings is 1. The predicted octanol–water partition coefficient (Wildman–Crippen LogP) is 3.60. The number of aromatic nitrogens is 2. The van der Waals surface area contributed by atoms with Crippen molar-refractivity contribution < 1.29 is 19.0 Å². The number of ether oxygens (including phenoxy) is 3. The minimum absolute atomic E-state index is 0.146. The van der Waals surface area contributed by atoms with Crippen molar-refractivity contribution in [2.45, 2.75) is 45.6 Å². The number of rotatable bonds is 5. The molecule has 7 nitrogen and oxygen atoms in total. The van der Waals surface area contributed by atoms with Gasteiger partial charge in [0.25, 0.3) is 0 Å². The second-order valence-electron chi connectivity index (χ2n) is 7.90. The van der Waals surface area contributed by atoms with Crippen molar-refractivity contribution in [1.29, 1.82) is 0 Å². The number of pyridine rings is 2. The lowest BCUT2D eigenvalue weighted by molar-refractivity contribution is 0.0526. The molecule has 2 fully saturated rings. The fraction of sp³-hybridized carbons (Fsp3) is 0.591. The largest absolute Gasteiger partial charge is 0.474 e. The lowest BCUT2D eigenvalue weighted by Crippen LogP contribution is -2.36. The van der Waals surface area contributed by atoms with Crippen LogP contribution in [0.1, 0.15) is 49.9 Å². The number of hydrogen-bond acceptors (Lipinski definition) is 7. The molecule has 0 bridgehead atoms. The van der Waals surface area contributed by atoms with Crippen LogP contribution in [0.15, 0.2) is 18.3 Å². The van der Waals surface area contributed by atoms with E-state index in [1.807, 2.05) is 6.07 Å². The molecule has 7 heteroatoms. The van der Waals surface area contributed by atoms with Crippen LogP contribution in [0, 0.1) is 5.92 Å². The van der Waals surface area contributed by atoms with Gasteiger partial charge in [-0.2, -0.15) is 4.98 Å². The molecule has 0 atom stereocenters. The molecule has 156 valence electrons. The van der Waals surface area contributed by atoms with Crippen LogP contribution < -0.4 is 9.64 Å². The van der Waals surface area contributed by atoms with Gasteiger partial charge in [-0.25, -0.2) is 4.79 Å². The second-order valence-corrected chi connectivity index (χ2v) is 7.90. The Morgan fingerprint density at radius 1 is 1.21 bits per heavy atom. The summed E-state index contributed by atoms with van der Waals surface area (Å²) in [5.74, 6) is 1.77. The van der Waals surface area contributed by atoms with E-state index in [4.69, 9.17) is 19.2 Å². The molecule has 0 aromatic carbocycles. The molecule has 1 saturated carbocycles. The molecule has 0 radical (unpaired) electrons. The number of anilines is 1. The van der Waals surface area contributed by atoms with Crippen LogP contribution >= 0.6 is 0 Å². The van der Waals surface area contributed by atoms with Crippen LogP contribution in [0.25, 0.3) is 10.9 Å². The van der Waals surface area contributed by atoms with Gasteiger partial charge >= 0.3 is 5.97 Å². The average Bonchev–Trinajstić information content (AvgIpc) is 2.75. The summed E-state index contributed by atoms with van der Waals surface area (Å²) in [5, 5.41) is 0.756. The van der Waals surface area contributed by atoms with E-state index < -0.39 is 0 Å². The molecule has 1 saturated heterocycles. The van der Waals surface area contributed by atoms with Gasteiger partial charge in [-0.1, -0.05) is 6.92 Å². The van der Waals surface area contributed by atoms with E-state index in [9.17, 15) is 4.79 Å². The summed E-state index contributed by atoms with van der Waals surface area (Å²) in [6.07, 6.45) is 6.09. The van der Waals surface area contributed by atoms with Crippen molar-refractivity contribution in [2.24, 2.45) is 5.92 Å². The lowest BCUT2D eigenvalue weighted by Gasteiger charge is -2.30. The normalized spacial score (nSPS) is 22.5. The van der Waals surface area contributed by atoms with Crippen LogP contribution in [-0.2, 0) is 9.47 Å². The van der Waals surface area contributed by atoms with Crippen molar-refractivity contribution >= 4 is 22.7 Å². The van der Waals surface area contributed by atoms with Crippen molar-refractivity contribution in [3.63, 3.8) is 0 Å². The van der Waals surface area contributed by atoms with E-state index in [1.54, 1.807) is 19.2 Å². The summed E-state index contributed by atoms with van der Waals surface area (Å²) in [5.41, 5.74) is 1.19. The minimum atomic E-state index is -0.378. The Morgan fingerprint density at radius 3 is 2.69 bits per heavy atom. The van der Waals surface area contributed by atoms with Crippen molar-refractivity contribution in [1.82, 2.24) is 9.97 Å². The summed E-state index contributed by atoms with van der Waals surface area (Å²) < 4.78 is 17.0. The number of carbonyl (C=O) groups excluding carboxylic acids is 1. The van der Waals surface area contributed by atoms with Crippen molar-refractivity contribution in [2.75, 3.05) is 37.8 Å². The maximum Gasteiger partial charge on any atom is 0.339 e. The number of carbonyl (C=O) groups is 1. The average molecular weight is 399 g/mol. The molecule has 0 amide bonds. The van der Waals surface area contributed by atoms with E-state index in [0.717, 1.165) is 61.4 Å². The monoisotopic (exact) mass is 399 g/mol. The second kappa shape index (κ2) is 8.95. The van der Waals surface area contributed by atoms with Gasteiger partial charge < -0.3 is 19.1 Å². The van der Waals surface area contributed by atoms with Gasteiger partial charge in [0, 0.05) is 25.4 Å². The minimum Gasteiger partial charge on any atom is -0.474 e. The van der Waals surface area contributed by atoms with Crippen LogP contribution in [0.3, 0.4) is 0 Å². The Labute approximate surface area is 171 Å². The highest BCUT2D eigenvalue weighted by molar-refractivity contribution is 5.95. The Morgan fingerprint density at radius 2 is 1.97 bits per heavy atom. The SMILES string of the molecule is CCOC(=O)c1cnc2cc(N3CCOCC3)nc(OC3CCC(C)CC3)c2c1. The van der Waals surface area contributed by atoms with Gasteiger partial charge in [0.05, 0.1) is 36.3 Å². The number of fused-ring (bicyclic) bond motifs is 1. The highest BCUT2D eigenvalue weighted by atomic mass is 16.5. The zero-order valence-corrected chi connectivity index (χ0v) is 17.2. The third-order valence-electron chi connectivity index (χ3n) is 5.72. The number of hydrogen-bond donors (Lipinski definition) is 0. The number of nitrogens with zero attached hydrogens (tertiary/aromatic N) is 3. The van der Waals surface area contributed by atoms with Crippen LogP contribution in [-0.4, -0.2) is 55.0 Å². The molecule has 0 spiro atoms. The molecule has 0 unspecified atom stereocenters. The Hall–Kier alpha value is -2.41. The molecule has 1 aliphatic carbocycles. The topological polar surface area (TPSA) is 73.8 Å². The van der Waals surface area contributed by atoms with Gasteiger partial charge in [-0.3, -0.25) is 4.98 Å². The Kier molecular flexibility index (Phi) is 6.13. The molecule has 2 aromatic heterocycles. The smallest absolute Gasteiger partial charge is 0.339 e. The van der Waals surface area contributed by atoms with E-state index in [0.29, 0.717) is 31.3 Å². The standard InChI is InChI=1S/C22H29N3O4/c1-3-28-22(26)16-12-18-19(23-14-16)13-20(25-8-10-27-11-9-25)24-21(18)29-17-6-4-15(2)5-7-17/h12-15,17H,3-11H2,1-2H3. The molecule has 3 heterocycles. The highest BCUT2D eigenvalue weighted by Gasteiger charge is 2.23. The van der Waals surface area contributed by atoms with Crippen molar-refractivity contribution in [3.05, 3.63) is 23.9 Å². The quantitative estimate of drug-likeness (QED) is 0.711. The maximum absolute atomic E-state index is 12.2. The summed E-state index contributed by atoms with van der Waals surface area (Å²) >= 11 is 0. The molecule has 2 aromatic rings. The van der Waals surface area contributed by atoms with Gasteiger partial charge in [0.15, 0.2) is 0 Å². The van der Waals surface area contributed by atoms with Gasteiger partial charge in [0.2, 0.25) is 5.88 Å². The van der Waals surface area contributed by atoms with Gasteiger partial charge in [0.1, 0.15) is 11.9 Å². The van der Waals surface area contributed by atoms with Crippen LogP contribution in [0.4, 0.5) is 5.82 Å². The first-order valence-electron chi connectivity index (χ1n) is 10.6. The van der Waals surface area contributed by atoms with Crippen molar-refractivity contribution in [3.8, 4) is 5.88 Å². The first-order chi connectivity index (χ1) is 14.1. The van der Waals surface area contributed by atoms with E-state index in [-0.39, 0.29) is 12.1 Å². The fourth-order valence-corrected chi connectivity index (χ4v) is 3.96. The molecule has 1 aliphatic heterocycles. The van der Waals surface area contributed by atoms with Crippen LogP contribution in [0.5, 0.6) is 5.88 Å². The maximum atomic E-state index is 12.2. The van der Waals surface area contributed by atoms with E-state index in [2.05, 4.69) is 16.8 Å². The summed E-state index contributed by atoms with van der Waals surface area (Å²) in [6.45, 7) is 7.37. The zero-order valence-electron chi connectivity index (χ0n) is 17.2. The summed E-state index contributed by atoms with van der Waals surface area (Å²) in [4.78, 5) is 23.8. The van der Waals surface area contributed by atoms with E-state index >= 15 is 0 Å². The van der Waals surface area contributed by atoms with Crippen LogP contribution in [0.2, 0.25) is 0 Å². The lowest BCUT2D eigenvalue weighted by atomic mass is 9.89. The fourth-order valence-electron chi connectivity index (χ4n) is 3.96.